The molecule has 0 radical (unpaired) electrons. The number of nitriles is 1. The van der Waals surface area contributed by atoms with E-state index in [4.69, 9.17) is 5.26 Å². The molecule has 15 heavy (non-hydrogen) atoms. The molecule has 0 saturated heterocycles. The van der Waals surface area contributed by atoms with Gasteiger partial charge in [0.15, 0.2) is 0 Å². The molecule has 0 fully saturated rings. The molecule has 1 aromatic rings. The van der Waals surface area contributed by atoms with Crippen LogP contribution in [0.15, 0.2) is 22.7 Å². The van der Waals surface area contributed by atoms with E-state index in [0.29, 0.717) is 11.5 Å². The maximum atomic E-state index is 9.00. The zero-order valence-electron chi connectivity index (χ0n) is 9.05. The molecule has 0 aliphatic carbocycles. The highest BCUT2D eigenvalue weighted by molar-refractivity contribution is 9.10. The van der Waals surface area contributed by atoms with Crippen LogP contribution in [0.25, 0.3) is 0 Å². The van der Waals surface area contributed by atoms with Gasteiger partial charge in [0.25, 0.3) is 0 Å². The molecule has 1 rings (SSSR count). The zero-order valence-corrected chi connectivity index (χ0v) is 10.6. The van der Waals surface area contributed by atoms with Gasteiger partial charge < -0.3 is 5.32 Å². The van der Waals surface area contributed by atoms with Gasteiger partial charge in [-0.2, -0.15) is 5.26 Å². The minimum absolute atomic E-state index is 0.621. The fraction of sp³-hybridized carbons (Fsp3) is 0.417. The van der Waals surface area contributed by atoms with Crippen molar-refractivity contribution in [3.8, 4) is 6.07 Å². The summed E-state index contributed by atoms with van der Waals surface area (Å²) in [5.74, 6) is 0.621. The molecular formula is C12H15BrN2. The average molecular weight is 267 g/mol. The van der Waals surface area contributed by atoms with Gasteiger partial charge in [-0.15, -0.1) is 0 Å². The summed E-state index contributed by atoms with van der Waals surface area (Å²) in [6.07, 6.45) is 1.14. The maximum absolute atomic E-state index is 9.00. The Morgan fingerprint density at radius 2 is 2.27 bits per heavy atom. The van der Waals surface area contributed by atoms with Crippen LogP contribution in [0.4, 0.5) is 5.69 Å². The van der Waals surface area contributed by atoms with Gasteiger partial charge in [0.1, 0.15) is 6.07 Å². The monoisotopic (exact) mass is 266 g/mol. The van der Waals surface area contributed by atoms with Gasteiger partial charge in [0.2, 0.25) is 0 Å². The van der Waals surface area contributed by atoms with Gasteiger partial charge >= 0.3 is 0 Å². The van der Waals surface area contributed by atoms with Crippen LogP contribution in [0, 0.1) is 17.2 Å². The number of nitrogens with zero attached hydrogens (tertiary/aromatic N) is 1. The highest BCUT2D eigenvalue weighted by Gasteiger charge is 2.06. The van der Waals surface area contributed by atoms with Crippen molar-refractivity contribution in [3.63, 3.8) is 0 Å². The molecule has 0 saturated carbocycles. The topological polar surface area (TPSA) is 35.8 Å². The van der Waals surface area contributed by atoms with Crippen LogP contribution in [0.5, 0.6) is 0 Å². The summed E-state index contributed by atoms with van der Waals surface area (Å²) in [5.41, 5.74) is 1.59. The Bertz CT molecular complexity index is 368. The van der Waals surface area contributed by atoms with E-state index >= 15 is 0 Å². The SMILES string of the molecule is CCC(C)CNc1cccc(Br)c1C#N. The van der Waals surface area contributed by atoms with Gasteiger partial charge in [-0.25, -0.2) is 0 Å². The first-order chi connectivity index (χ1) is 7.19. The highest BCUT2D eigenvalue weighted by Crippen LogP contribution is 2.23. The summed E-state index contributed by atoms with van der Waals surface area (Å²) in [4.78, 5) is 0. The summed E-state index contributed by atoms with van der Waals surface area (Å²) in [5, 5.41) is 12.3. The lowest BCUT2D eigenvalue weighted by Gasteiger charge is -2.12. The molecule has 0 amide bonds. The van der Waals surface area contributed by atoms with Gasteiger partial charge in [0.05, 0.1) is 11.3 Å². The molecule has 80 valence electrons. The van der Waals surface area contributed by atoms with Gasteiger partial charge in [-0.3, -0.25) is 0 Å². The number of rotatable bonds is 4. The molecule has 2 nitrogen and oxygen atoms in total. The van der Waals surface area contributed by atoms with E-state index in [0.717, 1.165) is 23.1 Å². The molecule has 0 aliphatic heterocycles. The summed E-state index contributed by atoms with van der Waals surface area (Å²) >= 11 is 3.37. The molecule has 0 bridgehead atoms. The third-order valence-electron chi connectivity index (χ3n) is 2.46. The number of anilines is 1. The van der Waals surface area contributed by atoms with E-state index in [-0.39, 0.29) is 0 Å². The lowest BCUT2D eigenvalue weighted by atomic mass is 10.1. The second-order valence-electron chi connectivity index (χ2n) is 3.67. The Hall–Kier alpha value is -1.01. The Labute approximate surface area is 99.4 Å². The quantitative estimate of drug-likeness (QED) is 0.901. The van der Waals surface area contributed by atoms with Gasteiger partial charge in [-0.05, 0) is 34.0 Å². The van der Waals surface area contributed by atoms with Crippen molar-refractivity contribution in [2.75, 3.05) is 11.9 Å². The van der Waals surface area contributed by atoms with Crippen LogP contribution in [0.3, 0.4) is 0 Å². The van der Waals surface area contributed by atoms with E-state index in [1.807, 2.05) is 18.2 Å². The van der Waals surface area contributed by atoms with E-state index in [1.54, 1.807) is 0 Å². The maximum Gasteiger partial charge on any atom is 0.103 e. The summed E-state index contributed by atoms with van der Waals surface area (Å²) in [6, 6.07) is 7.95. The molecule has 1 N–H and O–H groups in total. The molecule has 1 unspecified atom stereocenters. The molecular weight excluding hydrogens is 252 g/mol. The molecule has 0 aromatic heterocycles. The largest absolute Gasteiger partial charge is 0.384 e. The zero-order chi connectivity index (χ0) is 11.3. The van der Waals surface area contributed by atoms with E-state index in [2.05, 4.69) is 41.2 Å². The number of hydrogen-bond acceptors (Lipinski definition) is 2. The third-order valence-corrected chi connectivity index (χ3v) is 3.12. The van der Waals surface area contributed by atoms with Crippen molar-refractivity contribution in [2.45, 2.75) is 20.3 Å². The summed E-state index contributed by atoms with van der Waals surface area (Å²) < 4.78 is 0.846. The molecule has 1 atom stereocenters. The Morgan fingerprint density at radius 3 is 2.87 bits per heavy atom. The minimum Gasteiger partial charge on any atom is -0.384 e. The Balaban J connectivity index is 2.77. The standard InChI is InChI=1S/C12H15BrN2/c1-3-9(2)8-15-12-6-4-5-11(13)10(12)7-14/h4-6,9,15H,3,8H2,1-2H3. The molecule has 3 heteroatoms. The van der Waals surface area contributed by atoms with E-state index in [9.17, 15) is 0 Å². The van der Waals surface area contributed by atoms with Crippen molar-refractivity contribution in [2.24, 2.45) is 5.92 Å². The average Bonchev–Trinajstić information content (AvgIpc) is 2.25. The van der Waals surface area contributed by atoms with Crippen LogP contribution in [0.2, 0.25) is 0 Å². The van der Waals surface area contributed by atoms with Crippen LogP contribution < -0.4 is 5.32 Å². The smallest absolute Gasteiger partial charge is 0.103 e. The molecule has 0 spiro atoms. The summed E-state index contributed by atoms with van der Waals surface area (Å²) in [6.45, 7) is 5.26. The Kier molecular flexibility index (Phi) is 4.64. The van der Waals surface area contributed by atoms with Crippen molar-refractivity contribution in [1.82, 2.24) is 0 Å². The molecule has 1 aromatic carbocycles. The van der Waals surface area contributed by atoms with Crippen LogP contribution >= 0.6 is 15.9 Å². The van der Waals surface area contributed by atoms with E-state index < -0.39 is 0 Å². The highest BCUT2D eigenvalue weighted by atomic mass is 79.9. The van der Waals surface area contributed by atoms with Crippen LogP contribution in [-0.4, -0.2) is 6.54 Å². The third kappa shape index (κ3) is 3.24. The van der Waals surface area contributed by atoms with E-state index in [1.165, 1.54) is 0 Å². The van der Waals surface area contributed by atoms with Crippen molar-refractivity contribution < 1.29 is 0 Å². The van der Waals surface area contributed by atoms with Gasteiger partial charge in [-0.1, -0.05) is 26.3 Å². The predicted molar refractivity (Wildman–Crippen MR) is 66.8 cm³/mol. The molecule has 0 heterocycles. The second kappa shape index (κ2) is 5.77. The Morgan fingerprint density at radius 1 is 1.53 bits per heavy atom. The number of halogens is 1. The normalized spacial score (nSPS) is 11.9. The number of benzene rings is 1. The second-order valence-corrected chi connectivity index (χ2v) is 4.52. The predicted octanol–water partition coefficient (Wildman–Crippen LogP) is 3.78. The van der Waals surface area contributed by atoms with Crippen LogP contribution in [0.1, 0.15) is 25.8 Å². The molecule has 0 aliphatic rings. The number of hydrogen-bond donors (Lipinski definition) is 1. The minimum atomic E-state index is 0.621. The first-order valence-electron chi connectivity index (χ1n) is 5.11. The van der Waals surface area contributed by atoms with Gasteiger partial charge in [0, 0.05) is 11.0 Å². The fourth-order valence-electron chi connectivity index (χ4n) is 1.21. The van der Waals surface area contributed by atoms with Crippen LogP contribution in [-0.2, 0) is 0 Å². The van der Waals surface area contributed by atoms with Crippen molar-refractivity contribution >= 4 is 21.6 Å². The fourth-order valence-corrected chi connectivity index (χ4v) is 1.67. The first-order valence-corrected chi connectivity index (χ1v) is 5.90. The number of nitrogens with one attached hydrogen (secondary N) is 1. The van der Waals surface area contributed by atoms with Crippen molar-refractivity contribution in [3.05, 3.63) is 28.2 Å². The lowest BCUT2D eigenvalue weighted by molar-refractivity contribution is 0.593. The summed E-state index contributed by atoms with van der Waals surface area (Å²) in [7, 11) is 0. The lowest BCUT2D eigenvalue weighted by Crippen LogP contribution is -2.11. The van der Waals surface area contributed by atoms with Crippen molar-refractivity contribution in [1.29, 1.82) is 5.26 Å². The first kappa shape index (κ1) is 12.1.